The summed E-state index contributed by atoms with van der Waals surface area (Å²) in [4.78, 5) is 34.5. The van der Waals surface area contributed by atoms with Gasteiger partial charge in [0, 0.05) is 18.5 Å². The lowest BCUT2D eigenvalue weighted by molar-refractivity contribution is -0.131. The zero-order valence-electron chi connectivity index (χ0n) is 16.2. The normalized spacial score (nSPS) is 13.2. The van der Waals surface area contributed by atoms with Crippen molar-refractivity contribution in [2.75, 3.05) is 6.54 Å². The van der Waals surface area contributed by atoms with E-state index in [9.17, 15) is 14.0 Å². The Morgan fingerprint density at radius 1 is 1.10 bits per heavy atom. The first-order valence-corrected chi connectivity index (χ1v) is 9.77. The number of nitrogens with zero attached hydrogens (tertiary/aromatic N) is 2. The average molecular weight is 391 g/mol. The molecule has 148 valence electrons. The molecule has 1 aromatic heterocycles. The molecule has 0 fully saturated rings. The number of fused-ring (bicyclic) bond motifs is 1. The number of aryl methyl sites for hydroxylation is 1. The molecule has 0 atom stereocenters. The van der Waals surface area contributed by atoms with Crippen LogP contribution in [0.3, 0.4) is 0 Å². The van der Waals surface area contributed by atoms with E-state index in [-0.39, 0.29) is 30.2 Å². The number of carbonyl (C=O) groups is 1. The number of hydrogen-bond acceptors (Lipinski definition) is 3. The van der Waals surface area contributed by atoms with Crippen LogP contribution < -0.4 is 5.56 Å². The van der Waals surface area contributed by atoms with E-state index < -0.39 is 0 Å². The summed E-state index contributed by atoms with van der Waals surface area (Å²) in [6, 6.07) is 13.9. The molecule has 1 amide bonds. The fraction of sp³-hybridized carbons (Fsp3) is 0.261. The minimum atomic E-state index is -0.328. The van der Waals surface area contributed by atoms with Crippen LogP contribution in [0.5, 0.6) is 0 Å². The van der Waals surface area contributed by atoms with Crippen molar-refractivity contribution in [1.82, 2.24) is 14.9 Å². The molecule has 1 N–H and O–H groups in total. The van der Waals surface area contributed by atoms with Crippen LogP contribution in [-0.2, 0) is 30.6 Å². The van der Waals surface area contributed by atoms with Gasteiger partial charge in [-0.1, -0.05) is 43.3 Å². The van der Waals surface area contributed by atoms with Gasteiger partial charge in [-0.15, -0.1) is 0 Å². The van der Waals surface area contributed by atoms with Crippen LogP contribution >= 0.6 is 0 Å². The van der Waals surface area contributed by atoms with Crippen molar-refractivity contribution in [2.45, 2.75) is 32.7 Å². The van der Waals surface area contributed by atoms with Crippen LogP contribution in [0.4, 0.5) is 4.39 Å². The van der Waals surface area contributed by atoms with Crippen molar-refractivity contribution in [3.63, 3.8) is 0 Å². The second kappa shape index (κ2) is 7.99. The van der Waals surface area contributed by atoms with Crippen molar-refractivity contribution in [1.29, 1.82) is 0 Å². The minimum Gasteiger partial charge on any atom is -0.337 e. The van der Waals surface area contributed by atoms with E-state index >= 15 is 0 Å². The standard InChI is InChI=1S/C23H22FN3O2/c1-2-15-3-7-17(8-4-15)22-25-20-11-12-27(14-19(20)23(29)26-22)21(28)13-16-5-9-18(24)10-6-16/h3-10H,2,11-14H2,1H3,(H,25,26,29). The van der Waals surface area contributed by atoms with E-state index in [1.54, 1.807) is 17.0 Å². The summed E-state index contributed by atoms with van der Waals surface area (Å²) in [5.74, 6) is 0.147. The molecule has 0 saturated carbocycles. The van der Waals surface area contributed by atoms with Crippen molar-refractivity contribution in [2.24, 2.45) is 0 Å². The summed E-state index contributed by atoms with van der Waals surface area (Å²) in [7, 11) is 0. The molecule has 5 nitrogen and oxygen atoms in total. The van der Waals surface area contributed by atoms with Gasteiger partial charge >= 0.3 is 0 Å². The Bertz CT molecular complexity index is 1090. The van der Waals surface area contributed by atoms with E-state index in [4.69, 9.17) is 0 Å². The Hall–Kier alpha value is -3.28. The maximum atomic E-state index is 13.0. The average Bonchev–Trinajstić information content (AvgIpc) is 2.75. The Balaban J connectivity index is 1.52. The molecule has 0 spiro atoms. The van der Waals surface area contributed by atoms with Crippen LogP contribution in [0, 0.1) is 5.82 Å². The van der Waals surface area contributed by atoms with Crippen LogP contribution in [-0.4, -0.2) is 27.3 Å². The van der Waals surface area contributed by atoms with Gasteiger partial charge in [0.1, 0.15) is 11.6 Å². The SMILES string of the molecule is CCc1ccc(-c2nc3c(c(=O)[nH]2)CN(C(=O)Cc2ccc(F)cc2)CC3)cc1. The van der Waals surface area contributed by atoms with Crippen LogP contribution in [0.25, 0.3) is 11.4 Å². The number of hydrogen-bond donors (Lipinski definition) is 1. The zero-order chi connectivity index (χ0) is 20.4. The summed E-state index contributed by atoms with van der Waals surface area (Å²) in [5, 5.41) is 0. The molecule has 0 saturated heterocycles. The Labute approximate surface area is 168 Å². The third kappa shape index (κ3) is 4.11. The van der Waals surface area contributed by atoms with E-state index in [2.05, 4.69) is 16.9 Å². The molecule has 1 aliphatic rings. The molecule has 6 heteroatoms. The number of nitrogens with one attached hydrogen (secondary N) is 1. The number of carbonyl (C=O) groups excluding carboxylic acids is 1. The third-order valence-corrected chi connectivity index (χ3v) is 5.33. The lowest BCUT2D eigenvalue weighted by Crippen LogP contribution is -2.40. The maximum Gasteiger partial charge on any atom is 0.256 e. The Morgan fingerprint density at radius 2 is 1.79 bits per heavy atom. The number of aromatic amines is 1. The van der Waals surface area contributed by atoms with Gasteiger partial charge in [0.15, 0.2) is 0 Å². The highest BCUT2D eigenvalue weighted by Gasteiger charge is 2.24. The van der Waals surface area contributed by atoms with Crippen molar-refractivity contribution < 1.29 is 9.18 Å². The smallest absolute Gasteiger partial charge is 0.256 e. The highest BCUT2D eigenvalue weighted by Crippen LogP contribution is 2.20. The summed E-state index contributed by atoms with van der Waals surface area (Å²) < 4.78 is 13.0. The van der Waals surface area contributed by atoms with Gasteiger partial charge in [-0.2, -0.15) is 0 Å². The van der Waals surface area contributed by atoms with E-state index in [0.29, 0.717) is 24.4 Å². The minimum absolute atomic E-state index is 0.0825. The lowest BCUT2D eigenvalue weighted by Gasteiger charge is -2.28. The van der Waals surface area contributed by atoms with Gasteiger partial charge in [-0.25, -0.2) is 9.37 Å². The molecule has 0 bridgehead atoms. The van der Waals surface area contributed by atoms with E-state index in [0.717, 1.165) is 23.2 Å². The fourth-order valence-corrected chi connectivity index (χ4v) is 3.56. The summed E-state index contributed by atoms with van der Waals surface area (Å²) >= 11 is 0. The number of amides is 1. The third-order valence-electron chi connectivity index (χ3n) is 5.33. The maximum absolute atomic E-state index is 13.0. The largest absolute Gasteiger partial charge is 0.337 e. The molecule has 0 unspecified atom stereocenters. The second-order valence-electron chi connectivity index (χ2n) is 7.26. The van der Waals surface area contributed by atoms with Crippen LogP contribution in [0.1, 0.15) is 29.3 Å². The molecular formula is C23H22FN3O2. The highest BCUT2D eigenvalue weighted by atomic mass is 19.1. The second-order valence-corrected chi connectivity index (χ2v) is 7.26. The molecule has 4 rings (SSSR count). The number of rotatable bonds is 4. The van der Waals surface area contributed by atoms with Crippen molar-refractivity contribution in [3.05, 3.63) is 87.1 Å². The number of halogens is 1. The molecule has 3 aromatic rings. The zero-order valence-corrected chi connectivity index (χ0v) is 16.2. The molecule has 0 radical (unpaired) electrons. The Kier molecular flexibility index (Phi) is 5.25. The van der Waals surface area contributed by atoms with Gasteiger partial charge in [-0.05, 0) is 29.7 Å². The van der Waals surface area contributed by atoms with Crippen molar-refractivity contribution >= 4 is 5.91 Å². The van der Waals surface area contributed by atoms with Gasteiger partial charge in [0.05, 0.1) is 24.2 Å². The topological polar surface area (TPSA) is 66.1 Å². The van der Waals surface area contributed by atoms with Gasteiger partial charge in [0.25, 0.3) is 5.56 Å². The van der Waals surface area contributed by atoms with E-state index in [1.165, 1.54) is 17.7 Å². The predicted molar refractivity (Wildman–Crippen MR) is 109 cm³/mol. The first kappa shape index (κ1) is 19.1. The molecule has 29 heavy (non-hydrogen) atoms. The summed E-state index contributed by atoms with van der Waals surface area (Å²) in [6.07, 6.45) is 1.67. The quantitative estimate of drug-likeness (QED) is 0.742. The first-order chi connectivity index (χ1) is 14.0. The van der Waals surface area contributed by atoms with E-state index in [1.807, 2.05) is 24.3 Å². The monoisotopic (exact) mass is 391 g/mol. The highest BCUT2D eigenvalue weighted by molar-refractivity contribution is 5.79. The molecule has 2 heterocycles. The van der Waals surface area contributed by atoms with Crippen molar-refractivity contribution in [3.8, 4) is 11.4 Å². The lowest BCUT2D eigenvalue weighted by atomic mass is 10.0. The van der Waals surface area contributed by atoms with Gasteiger partial charge in [-0.3, -0.25) is 9.59 Å². The summed E-state index contributed by atoms with van der Waals surface area (Å²) in [5.41, 5.74) is 3.93. The molecule has 0 aliphatic carbocycles. The van der Waals surface area contributed by atoms with Crippen LogP contribution in [0.15, 0.2) is 53.3 Å². The molecular weight excluding hydrogens is 369 g/mol. The van der Waals surface area contributed by atoms with Gasteiger partial charge < -0.3 is 9.88 Å². The van der Waals surface area contributed by atoms with Crippen LogP contribution in [0.2, 0.25) is 0 Å². The molecule has 2 aromatic carbocycles. The fourth-order valence-electron chi connectivity index (χ4n) is 3.56. The summed E-state index contributed by atoms with van der Waals surface area (Å²) in [6.45, 7) is 2.85. The number of H-pyrrole nitrogens is 1. The predicted octanol–water partition coefficient (Wildman–Crippen LogP) is 3.27. The number of aromatic nitrogens is 2. The van der Waals surface area contributed by atoms with Gasteiger partial charge in [0.2, 0.25) is 5.91 Å². The molecule has 1 aliphatic heterocycles. The number of benzene rings is 2. The first-order valence-electron chi connectivity index (χ1n) is 9.77. The Morgan fingerprint density at radius 3 is 2.48 bits per heavy atom.